The quantitative estimate of drug-likeness (QED) is 0.612. The fourth-order valence-electron chi connectivity index (χ4n) is 3.36. The number of carbonyl (C=O) groups is 1. The van der Waals surface area contributed by atoms with Crippen molar-refractivity contribution in [3.63, 3.8) is 0 Å². The SMILES string of the molecule is O=C(CCc1nc(-c2ccncc2)no1)NCc1ccccc1CN1CCOCC1. The number of carbonyl (C=O) groups excluding carboxylic acids is 1. The first kappa shape index (κ1) is 20.2. The van der Waals surface area contributed by atoms with Gasteiger partial charge in [0.05, 0.1) is 13.2 Å². The van der Waals surface area contributed by atoms with Gasteiger partial charge in [-0.3, -0.25) is 14.7 Å². The van der Waals surface area contributed by atoms with E-state index in [0.29, 0.717) is 31.1 Å². The highest BCUT2D eigenvalue weighted by atomic mass is 16.5. The second-order valence-electron chi connectivity index (χ2n) is 7.18. The first-order chi connectivity index (χ1) is 14.8. The number of benzene rings is 1. The van der Waals surface area contributed by atoms with Crippen molar-refractivity contribution in [2.45, 2.75) is 25.9 Å². The summed E-state index contributed by atoms with van der Waals surface area (Å²) in [7, 11) is 0. The van der Waals surface area contributed by atoms with E-state index in [-0.39, 0.29) is 5.91 Å². The zero-order valence-corrected chi connectivity index (χ0v) is 16.8. The van der Waals surface area contributed by atoms with Crippen molar-refractivity contribution in [3.05, 3.63) is 65.8 Å². The highest BCUT2D eigenvalue weighted by Crippen LogP contribution is 2.15. The Kier molecular flexibility index (Phi) is 6.79. The zero-order valence-electron chi connectivity index (χ0n) is 16.8. The van der Waals surface area contributed by atoms with Crippen LogP contribution in [-0.4, -0.2) is 52.2 Å². The van der Waals surface area contributed by atoms with Gasteiger partial charge in [0.2, 0.25) is 17.6 Å². The van der Waals surface area contributed by atoms with E-state index in [0.717, 1.165) is 44.0 Å². The Labute approximate surface area is 175 Å². The average molecular weight is 407 g/mol. The maximum atomic E-state index is 12.3. The number of hydrogen-bond acceptors (Lipinski definition) is 7. The number of ether oxygens (including phenoxy) is 1. The summed E-state index contributed by atoms with van der Waals surface area (Å²) < 4.78 is 10.7. The van der Waals surface area contributed by atoms with Crippen LogP contribution in [0.5, 0.6) is 0 Å². The molecule has 0 bridgehead atoms. The van der Waals surface area contributed by atoms with Gasteiger partial charge >= 0.3 is 0 Å². The summed E-state index contributed by atoms with van der Waals surface area (Å²) in [6, 6.07) is 11.9. The third-order valence-corrected chi connectivity index (χ3v) is 5.06. The van der Waals surface area contributed by atoms with E-state index in [1.807, 2.05) is 24.3 Å². The van der Waals surface area contributed by atoms with Crippen molar-refractivity contribution in [2.75, 3.05) is 26.3 Å². The Bertz CT molecular complexity index is 954. The summed E-state index contributed by atoms with van der Waals surface area (Å²) in [6.07, 6.45) is 4.05. The molecule has 0 aliphatic carbocycles. The van der Waals surface area contributed by atoms with Gasteiger partial charge < -0.3 is 14.6 Å². The van der Waals surface area contributed by atoms with Crippen LogP contribution in [-0.2, 0) is 29.0 Å². The van der Waals surface area contributed by atoms with Crippen LogP contribution >= 0.6 is 0 Å². The molecule has 1 fully saturated rings. The number of amides is 1. The maximum Gasteiger partial charge on any atom is 0.227 e. The van der Waals surface area contributed by atoms with Crippen LogP contribution in [0.4, 0.5) is 0 Å². The number of rotatable bonds is 8. The minimum Gasteiger partial charge on any atom is -0.379 e. The van der Waals surface area contributed by atoms with Crippen molar-refractivity contribution < 1.29 is 14.1 Å². The standard InChI is InChI=1S/C22H25N5O3/c28-20(5-6-21-25-22(26-30-21)17-7-9-23-10-8-17)24-15-18-3-1-2-4-19(18)16-27-11-13-29-14-12-27/h1-4,7-10H,5-6,11-16H2,(H,24,28). The van der Waals surface area contributed by atoms with E-state index in [1.165, 1.54) is 5.56 Å². The molecule has 0 radical (unpaired) electrons. The minimum atomic E-state index is -0.0418. The van der Waals surface area contributed by atoms with Crippen molar-refractivity contribution in [2.24, 2.45) is 0 Å². The second-order valence-corrected chi connectivity index (χ2v) is 7.18. The molecule has 156 valence electrons. The Morgan fingerprint density at radius 2 is 1.83 bits per heavy atom. The second kappa shape index (κ2) is 10.1. The fraction of sp³-hybridized carbons (Fsp3) is 0.364. The van der Waals surface area contributed by atoms with Crippen molar-refractivity contribution in [1.29, 1.82) is 0 Å². The Morgan fingerprint density at radius 3 is 2.63 bits per heavy atom. The molecule has 1 aliphatic rings. The van der Waals surface area contributed by atoms with Crippen LogP contribution in [0.3, 0.4) is 0 Å². The van der Waals surface area contributed by atoms with Crippen molar-refractivity contribution >= 4 is 5.91 Å². The van der Waals surface area contributed by atoms with Gasteiger partial charge in [0.15, 0.2) is 0 Å². The van der Waals surface area contributed by atoms with Crippen LogP contribution in [0, 0.1) is 0 Å². The molecule has 8 heteroatoms. The number of hydrogen-bond donors (Lipinski definition) is 1. The molecule has 30 heavy (non-hydrogen) atoms. The van der Waals surface area contributed by atoms with E-state index >= 15 is 0 Å². The molecule has 0 saturated carbocycles. The third-order valence-electron chi connectivity index (χ3n) is 5.06. The van der Waals surface area contributed by atoms with Gasteiger partial charge in [0, 0.05) is 57.0 Å². The molecule has 8 nitrogen and oxygen atoms in total. The smallest absolute Gasteiger partial charge is 0.227 e. The Balaban J connectivity index is 1.27. The Hall–Kier alpha value is -3.10. The third kappa shape index (κ3) is 5.49. The molecule has 1 amide bonds. The van der Waals surface area contributed by atoms with Crippen molar-refractivity contribution in [3.8, 4) is 11.4 Å². The number of nitrogens with one attached hydrogen (secondary N) is 1. The van der Waals surface area contributed by atoms with Crippen LogP contribution in [0.25, 0.3) is 11.4 Å². The van der Waals surface area contributed by atoms with Gasteiger partial charge in [-0.05, 0) is 23.3 Å². The molecule has 1 N–H and O–H groups in total. The predicted octanol–water partition coefficient (Wildman–Crippen LogP) is 2.21. The summed E-state index contributed by atoms with van der Waals surface area (Å²) in [4.78, 5) is 23.0. The van der Waals surface area contributed by atoms with E-state index < -0.39 is 0 Å². The topological polar surface area (TPSA) is 93.4 Å². The monoisotopic (exact) mass is 407 g/mol. The highest BCUT2D eigenvalue weighted by molar-refractivity contribution is 5.76. The molecule has 2 aromatic heterocycles. The van der Waals surface area contributed by atoms with E-state index in [4.69, 9.17) is 9.26 Å². The molecule has 0 atom stereocenters. The largest absolute Gasteiger partial charge is 0.379 e. The predicted molar refractivity (Wildman–Crippen MR) is 110 cm³/mol. The highest BCUT2D eigenvalue weighted by Gasteiger charge is 2.14. The summed E-state index contributed by atoms with van der Waals surface area (Å²) in [5, 5.41) is 6.97. The van der Waals surface area contributed by atoms with Gasteiger partial charge in [0.25, 0.3) is 0 Å². The maximum absolute atomic E-state index is 12.3. The molecule has 1 aliphatic heterocycles. The molecule has 1 saturated heterocycles. The van der Waals surface area contributed by atoms with Gasteiger partial charge in [-0.2, -0.15) is 4.98 Å². The molecule has 0 spiro atoms. The molecular formula is C22H25N5O3. The van der Waals surface area contributed by atoms with E-state index in [9.17, 15) is 4.79 Å². The number of aromatic nitrogens is 3. The van der Waals surface area contributed by atoms with Crippen LogP contribution in [0.2, 0.25) is 0 Å². The van der Waals surface area contributed by atoms with E-state index in [1.54, 1.807) is 12.4 Å². The van der Waals surface area contributed by atoms with Gasteiger partial charge in [-0.1, -0.05) is 29.4 Å². The summed E-state index contributed by atoms with van der Waals surface area (Å²) in [5.41, 5.74) is 3.20. The molecule has 3 heterocycles. The van der Waals surface area contributed by atoms with Gasteiger partial charge in [-0.25, -0.2) is 0 Å². The first-order valence-corrected chi connectivity index (χ1v) is 10.1. The lowest BCUT2D eigenvalue weighted by atomic mass is 10.1. The zero-order chi connectivity index (χ0) is 20.6. The van der Waals surface area contributed by atoms with Gasteiger partial charge in [-0.15, -0.1) is 0 Å². The lowest BCUT2D eigenvalue weighted by Gasteiger charge is -2.27. The summed E-state index contributed by atoms with van der Waals surface area (Å²) in [5.74, 6) is 0.911. The molecule has 3 aromatic rings. The number of pyridine rings is 1. The van der Waals surface area contributed by atoms with Crippen LogP contribution in [0.1, 0.15) is 23.4 Å². The lowest BCUT2D eigenvalue weighted by Crippen LogP contribution is -2.36. The minimum absolute atomic E-state index is 0.0418. The fourth-order valence-corrected chi connectivity index (χ4v) is 3.36. The average Bonchev–Trinajstić information content (AvgIpc) is 3.28. The number of aryl methyl sites for hydroxylation is 1. The molecule has 0 unspecified atom stereocenters. The summed E-state index contributed by atoms with van der Waals surface area (Å²) in [6.45, 7) is 4.80. The normalized spacial score (nSPS) is 14.5. The van der Waals surface area contributed by atoms with Gasteiger partial charge in [0.1, 0.15) is 0 Å². The van der Waals surface area contributed by atoms with Crippen molar-refractivity contribution in [1.82, 2.24) is 25.3 Å². The number of morpholine rings is 1. The summed E-state index contributed by atoms with van der Waals surface area (Å²) >= 11 is 0. The van der Waals surface area contributed by atoms with E-state index in [2.05, 4.69) is 37.5 Å². The Morgan fingerprint density at radius 1 is 1.07 bits per heavy atom. The lowest BCUT2D eigenvalue weighted by molar-refractivity contribution is -0.121. The number of nitrogens with zero attached hydrogens (tertiary/aromatic N) is 4. The molecule has 4 rings (SSSR count). The molecular weight excluding hydrogens is 382 g/mol. The first-order valence-electron chi connectivity index (χ1n) is 10.1. The van der Waals surface area contributed by atoms with Crippen LogP contribution in [0.15, 0.2) is 53.3 Å². The van der Waals surface area contributed by atoms with Crippen LogP contribution < -0.4 is 5.32 Å². The molecule has 1 aromatic carbocycles.